The highest BCUT2D eigenvalue weighted by Crippen LogP contribution is 2.14. The van der Waals surface area contributed by atoms with E-state index in [1.54, 1.807) is 49.1 Å². The van der Waals surface area contributed by atoms with Crippen molar-refractivity contribution in [3.05, 3.63) is 65.7 Å². The first-order chi connectivity index (χ1) is 11.9. The standard InChI is InChI=1S/C16H17N5O3S/c1-12-4-3-5-14(10-12)25(23,24)21-9-7-15(19-21)16(22)17-11-13-6-8-20(2)18-13/h3-10H,11H2,1-2H3,(H,17,22). The van der Waals surface area contributed by atoms with Crippen molar-refractivity contribution < 1.29 is 13.2 Å². The molecule has 0 aliphatic rings. The third-order valence-electron chi connectivity index (χ3n) is 3.53. The minimum Gasteiger partial charge on any atom is -0.345 e. The van der Waals surface area contributed by atoms with Gasteiger partial charge < -0.3 is 5.32 Å². The highest BCUT2D eigenvalue weighted by Gasteiger charge is 2.20. The number of hydrogen-bond acceptors (Lipinski definition) is 5. The molecule has 1 amide bonds. The molecule has 2 heterocycles. The van der Waals surface area contributed by atoms with E-state index in [-0.39, 0.29) is 17.1 Å². The van der Waals surface area contributed by atoms with Gasteiger partial charge in [-0.3, -0.25) is 9.48 Å². The fraction of sp³-hybridized carbons (Fsp3) is 0.188. The summed E-state index contributed by atoms with van der Waals surface area (Å²) in [4.78, 5) is 12.3. The number of hydrogen-bond donors (Lipinski definition) is 1. The summed E-state index contributed by atoms with van der Waals surface area (Å²) in [7, 11) is -2.05. The van der Waals surface area contributed by atoms with Gasteiger partial charge in [-0.15, -0.1) is 0 Å². The zero-order valence-electron chi connectivity index (χ0n) is 13.7. The Morgan fingerprint density at radius 3 is 2.64 bits per heavy atom. The summed E-state index contributed by atoms with van der Waals surface area (Å²) in [5.41, 5.74) is 1.54. The van der Waals surface area contributed by atoms with Gasteiger partial charge >= 0.3 is 0 Å². The van der Waals surface area contributed by atoms with Crippen LogP contribution in [0.1, 0.15) is 21.7 Å². The highest BCUT2D eigenvalue weighted by molar-refractivity contribution is 7.89. The molecule has 0 aliphatic heterocycles. The third kappa shape index (κ3) is 3.61. The Labute approximate surface area is 145 Å². The molecule has 2 aromatic heterocycles. The van der Waals surface area contributed by atoms with Crippen molar-refractivity contribution >= 4 is 15.9 Å². The van der Waals surface area contributed by atoms with Crippen molar-refractivity contribution in [2.45, 2.75) is 18.4 Å². The lowest BCUT2D eigenvalue weighted by molar-refractivity contribution is 0.0945. The van der Waals surface area contributed by atoms with Crippen LogP contribution >= 0.6 is 0 Å². The van der Waals surface area contributed by atoms with E-state index >= 15 is 0 Å². The number of carbonyl (C=O) groups is 1. The maximum absolute atomic E-state index is 12.6. The van der Waals surface area contributed by atoms with E-state index in [1.165, 1.54) is 18.3 Å². The Hall–Kier alpha value is -2.94. The van der Waals surface area contributed by atoms with Gasteiger partial charge in [0.15, 0.2) is 5.69 Å². The molecule has 130 valence electrons. The number of amides is 1. The van der Waals surface area contributed by atoms with Gasteiger partial charge in [0.1, 0.15) is 0 Å². The second kappa shape index (κ2) is 6.52. The van der Waals surface area contributed by atoms with E-state index in [2.05, 4.69) is 15.5 Å². The van der Waals surface area contributed by atoms with E-state index in [1.807, 2.05) is 0 Å². The molecule has 0 fully saturated rings. The third-order valence-corrected chi connectivity index (χ3v) is 5.08. The molecule has 1 aromatic carbocycles. The summed E-state index contributed by atoms with van der Waals surface area (Å²) in [6.45, 7) is 2.04. The number of aromatic nitrogens is 4. The first kappa shape index (κ1) is 16.9. The zero-order chi connectivity index (χ0) is 18.0. The van der Waals surface area contributed by atoms with E-state index in [0.29, 0.717) is 5.69 Å². The minimum atomic E-state index is -3.83. The van der Waals surface area contributed by atoms with Gasteiger partial charge in [-0.1, -0.05) is 12.1 Å². The largest absolute Gasteiger partial charge is 0.345 e. The Morgan fingerprint density at radius 1 is 1.16 bits per heavy atom. The van der Waals surface area contributed by atoms with Gasteiger partial charge in [0.25, 0.3) is 15.9 Å². The van der Waals surface area contributed by atoms with Crippen LogP contribution in [0.3, 0.4) is 0 Å². The smallest absolute Gasteiger partial charge is 0.282 e. The van der Waals surface area contributed by atoms with Crippen LogP contribution in [0.4, 0.5) is 0 Å². The summed E-state index contributed by atoms with van der Waals surface area (Å²) in [6.07, 6.45) is 3.03. The SMILES string of the molecule is Cc1cccc(S(=O)(=O)n2ccc(C(=O)NCc3ccn(C)n3)n2)c1. The predicted octanol–water partition coefficient (Wildman–Crippen LogP) is 1.09. The lowest BCUT2D eigenvalue weighted by atomic mass is 10.2. The van der Waals surface area contributed by atoms with Gasteiger partial charge in [0, 0.05) is 19.4 Å². The van der Waals surface area contributed by atoms with E-state index < -0.39 is 15.9 Å². The molecule has 0 spiro atoms. The molecule has 0 atom stereocenters. The van der Waals surface area contributed by atoms with Crippen LogP contribution in [0, 0.1) is 6.92 Å². The molecule has 0 aliphatic carbocycles. The van der Waals surface area contributed by atoms with Crippen molar-refractivity contribution in [1.82, 2.24) is 24.3 Å². The normalized spacial score (nSPS) is 11.4. The minimum absolute atomic E-state index is 0.0205. The van der Waals surface area contributed by atoms with Crippen molar-refractivity contribution in [3.63, 3.8) is 0 Å². The molecule has 9 heteroatoms. The van der Waals surface area contributed by atoms with Gasteiger partial charge in [0.05, 0.1) is 17.1 Å². The molecule has 1 N–H and O–H groups in total. The Balaban J connectivity index is 1.76. The highest BCUT2D eigenvalue weighted by atomic mass is 32.2. The van der Waals surface area contributed by atoms with Crippen molar-refractivity contribution in [2.24, 2.45) is 7.05 Å². The second-order valence-corrected chi connectivity index (χ2v) is 7.35. The van der Waals surface area contributed by atoms with Crippen molar-refractivity contribution in [1.29, 1.82) is 0 Å². The van der Waals surface area contributed by atoms with Crippen LogP contribution in [0.2, 0.25) is 0 Å². The molecule has 8 nitrogen and oxygen atoms in total. The van der Waals surface area contributed by atoms with Crippen LogP contribution in [-0.4, -0.2) is 33.3 Å². The van der Waals surface area contributed by atoms with Crippen LogP contribution < -0.4 is 5.32 Å². The molecule has 0 saturated heterocycles. The first-order valence-corrected chi connectivity index (χ1v) is 8.95. The quantitative estimate of drug-likeness (QED) is 0.735. The number of carbonyl (C=O) groups excluding carboxylic acids is 1. The van der Waals surface area contributed by atoms with E-state index in [9.17, 15) is 13.2 Å². The zero-order valence-corrected chi connectivity index (χ0v) is 14.6. The maximum Gasteiger partial charge on any atom is 0.282 e. The molecule has 3 aromatic rings. The molecule has 3 rings (SSSR count). The topological polar surface area (TPSA) is 98.9 Å². The van der Waals surface area contributed by atoms with Gasteiger partial charge in [0.2, 0.25) is 0 Å². The summed E-state index contributed by atoms with van der Waals surface area (Å²) >= 11 is 0. The second-order valence-electron chi connectivity index (χ2n) is 5.56. The maximum atomic E-state index is 12.6. The lowest BCUT2D eigenvalue weighted by Crippen LogP contribution is -2.24. The number of benzene rings is 1. The summed E-state index contributed by atoms with van der Waals surface area (Å²) in [6, 6.07) is 9.65. The van der Waals surface area contributed by atoms with Crippen LogP contribution in [0.25, 0.3) is 0 Å². The number of nitrogens with zero attached hydrogens (tertiary/aromatic N) is 4. The fourth-order valence-corrected chi connectivity index (χ4v) is 3.48. The van der Waals surface area contributed by atoms with Crippen LogP contribution in [0.15, 0.2) is 53.7 Å². The Morgan fingerprint density at radius 2 is 1.96 bits per heavy atom. The lowest BCUT2D eigenvalue weighted by Gasteiger charge is -2.05. The fourth-order valence-electron chi connectivity index (χ4n) is 2.26. The Kier molecular flexibility index (Phi) is 4.41. The number of nitrogens with one attached hydrogen (secondary N) is 1. The molecule has 0 unspecified atom stereocenters. The van der Waals surface area contributed by atoms with Crippen molar-refractivity contribution in [3.8, 4) is 0 Å². The monoisotopic (exact) mass is 359 g/mol. The number of rotatable bonds is 5. The summed E-state index contributed by atoms with van der Waals surface area (Å²) in [5.74, 6) is -0.469. The summed E-state index contributed by atoms with van der Waals surface area (Å²) in [5, 5.41) is 10.7. The molecule has 0 radical (unpaired) electrons. The van der Waals surface area contributed by atoms with E-state index in [4.69, 9.17) is 0 Å². The van der Waals surface area contributed by atoms with Crippen LogP contribution in [-0.2, 0) is 23.6 Å². The van der Waals surface area contributed by atoms with Gasteiger partial charge in [-0.25, -0.2) is 0 Å². The van der Waals surface area contributed by atoms with E-state index in [0.717, 1.165) is 9.65 Å². The average molecular weight is 359 g/mol. The first-order valence-electron chi connectivity index (χ1n) is 7.51. The molecular formula is C16H17N5O3S. The Bertz CT molecular complexity index is 1020. The molecule has 25 heavy (non-hydrogen) atoms. The molecule has 0 saturated carbocycles. The molecular weight excluding hydrogens is 342 g/mol. The predicted molar refractivity (Wildman–Crippen MR) is 90.4 cm³/mol. The van der Waals surface area contributed by atoms with Crippen LogP contribution in [0.5, 0.6) is 0 Å². The van der Waals surface area contributed by atoms with Crippen molar-refractivity contribution in [2.75, 3.05) is 0 Å². The van der Waals surface area contributed by atoms with Gasteiger partial charge in [-0.05, 0) is 36.8 Å². The average Bonchev–Trinajstić information content (AvgIpc) is 3.22. The number of aryl methyl sites for hydroxylation is 2. The molecule has 0 bridgehead atoms. The summed E-state index contributed by atoms with van der Waals surface area (Å²) < 4.78 is 27.6. The van der Waals surface area contributed by atoms with Gasteiger partial charge in [-0.2, -0.15) is 22.7 Å².